The van der Waals surface area contributed by atoms with Gasteiger partial charge in [-0.1, -0.05) is 37.3 Å². The van der Waals surface area contributed by atoms with Crippen LogP contribution in [0.25, 0.3) is 5.57 Å². The number of anilines is 2. The van der Waals surface area contributed by atoms with Crippen molar-refractivity contribution in [3.05, 3.63) is 89.1 Å². The lowest BCUT2D eigenvalue weighted by molar-refractivity contribution is -0.120. The van der Waals surface area contributed by atoms with Gasteiger partial charge >= 0.3 is 0 Å². The molecule has 1 N–H and O–H groups in total. The zero-order chi connectivity index (χ0) is 24.2. The van der Waals surface area contributed by atoms with Crippen LogP contribution in [-0.4, -0.2) is 25.5 Å². The van der Waals surface area contributed by atoms with Gasteiger partial charge in [0.1, 0.15) is 17.2 Å². The van der Waals surface area contributed by atoms with Gasteiger partial charge in [0.25, 0.3) is 11.8 Å². The van der Waals surface area contributed by atoms with Crippen LogP contribution in [0.1, 0.15) is 30.0 Å². The average molecular weight is 457 g/mol. The largest absolute Gasteiger partial charge is 0.495 e. The molecule has 0 atom stereocenters. The van der Waals surface area contributed by atoms with Crippen molar-refractivity contribution in [2.24, 2.45) is 0 Å². The van der Waals surface area contributed by atoms with Crippen LogP contribution in [0.2, 0.25) is 0 Å². The Morgan fingerprint density at radius 1 is 0.882 bits per heavy atom. The summed E-state index contributed by atoms with van der Waals surface area (Å²) in [6.07, 6.45) is 0.901. The Bertz CT molecular complexity index is 1240. The second kappa shape index (κ2) is 9.83. The Labute approximate surface area is 199 Å². The molecule has 2 amide bonds. The van der Waals surface area contributed by atoms with Crippen molar-refractivity contribution in [2.45, 2.75) is 27.2 Å². The normalized spacial score (nSPS) is 13.5. The summed E-state index contributed by atoms with van der Waals surface area (Å²) < 4.78 is 11.1. The number of benzene rings is 3. The number of carbonyl (C=O) groups excluding carboxylic acids is 2. The fourth-order valence-electron chi connectivity index (χ4n) is 4.05. The number of ether oxygens (including phenoxy) is 2. The zero-order valence-corrected chi connectivity index (χ0v) is 19.8. The quantitative estimate of drug-likeness (QED) is 0.454. The summed E-state index contributed by atoms with van der Waals surface area (Å²) in [5, 5.41) is 3.18. The zero-order valence-electron chi connectivity index (χ0n) is 19.8. The van der Waals surface area contributed by atoms with E-state index in [-0.39, 0.29) is 11.6 Å². The Hall–Kier alpha value is -4.06. The van der Waals surface area contributed by atoms with Gasteiger partial charge in [0.15, 0.2) is 0 Å². The maximum absolute atomic E-state index is 13.7. The lowest BCUT2D eigenvalue weighted by atomic mass is 10.0. The van der Waals surface area contributed by atoms with Gasteiger partial charge in [0.05, 0.1) is 30.7 Å². The smallest absolute Gasteiger partial charge is 0.282 e. The Morgan fingerprint density at radius 2 is 1.56 bits per heavy atom. The number of nitrogens with zero attached hydrogens (tertiary/aromatic N) is 1. The molecule has 0 saturated carbocycles. The first-order valence-electron chi connectivity index (χ1n) is 11.3. The minimum atomic E-state index is -0.415. The fraction of sp³-hybridized carbons (Fsp3) is 0.214. The topological polar surface area (TPSA) is 67.9 Å². The number of rotatable bonds is 8. The molecule has 0 radical (unpaired) electrons. The van der Waals surface area contributed by atoms with E-state index in [1.165, 1.54) is 4.90 Å². The van der Waals surface area contributed by atoms with Crippen molar-refractivity contribution in [1.29, 1.82) is 0 Å². The lowest BCUT2D eigenvalue weighted by Crippen LogP contribution is -2.32. The second-order valence-corrected chi connectivity index (χ2v) is 8.24. The maximum Gasteiger partial charge on any atom is 0.282 e. The number of hydrogen-bond donors (Lipinski definition) is 1. The molecule has 4 rings (SSSR count). The summed E-state index contributed by atoms with van der Waals surface area (Å²) in [5.74, 6) is 0.493. The number of imide groups is 1. The van der Waals surface area contributed by atoms with Crippen molar-refractivity contribution in [2.75, 3.05) is 23.9 Å². The van der Waals surface area contributed by atoms with Crippen LogP contribution in [0, 0.1) is 13.8 Å². The van der Waals surface area contributed by atoms with Crippen LogP contribution in [0.4, 0.5) is 11.4 Å². The monoisotopic (exact) mass is 456 g/mol. The van der Waals surface area contributed by atoms with Crippen LogP contribution in [0.15, 0.2) is 72.4 Å². The third-order valence-electron chi connectivity index (χ3n) is 5.53. The van der Waals surface area contributed by atoms with Crippen molar-refractivity contribution in [3.8, 4) is 11.5 Å². The summed E-state index contributed by atoms with van der Waals surface area (Å²) in [6.45, 7) is 6.54. The van der Waals surface area contributed by atoms with Gasteiger partial charge in [0.2, 0.25) is 0 Å². The summed E-state index contributed by atoms with van der Waals surface area (Å²) in [7, 11) is 1.56. The number of hydrogen-bond acceptors (Lipinski definition) is 5. The Balaban J connectivity index is 1.80. The molecule has 6 nitrogen and oxygen atoms in total. The third-order valence-corrected chi connectivity index (χ3v) is 5.53. The Kier molecular flexibility index (Phi) is 6.68. The number of amides is 2. The molecular weight excluding hydrogens is 428 g/mol. The molecule has 6 heteroatoms. The summed E-state index contributed by atoms with van der Waals surface area (Å²) in [6, 6.07) is 20.2. The number of methoxy groups -OCH3 is 1. The maximum atomic E-state index is 13.7. The molecule has 0 bridgehead atoms. The SMILES string of the molecule is CCCOc1ccc(C2=C(Nc3ccccc3OC)C(=O)N(c3cc(C)cc(C)c3)C2=O)cc1. The van der Waals surface area contributed by atoms with Gasteiger partial charge in [-0.3, -0.25) is 9.59 Å². The molecular formula is C28H28N2O4. The first kappa shape index (κ1) is 23.1. The van der Waals surface area contributed by atoms with Gasteiger partial charge in [-0.05, 0) is 73.4 Å². The molecule has 0 aliphatic carbocycles. The van der Waals surface area contributed by atoms with Gasteiger partial charge in [-0.15, -0.1) is 0 Å². The van der Waals surface area contributed by atoms with E-state index in [0.717, 1.165) is 17.5 Å². The average Bonchev–Trinajstić information content (AvgIpc) is 3.07. The molecule has 3 aromatic rings. The number of nitrogens with one attached hydrogen (secondary N) is 1. The van der Waals surface area contributed by atoms with Gasteiger partial charge < -0.3 is 14.8 Å². The molecule has 1 heterocycles. The number of carbonyl (C=O) groups is 2. The molecule has 0 fully saturated rings. The van der Waals surface area contributed by atoms with Crippen molar-refractivity contribution >= 4 is 28.8 Å². The predicted octanol–water partition coefficient (Wildman–Crippen LogP) is 5.50. The van der Waals surface area contributed by atoms with Crippen LogP contribution in [-0.2, 0) is 9.59 Å². The highest BCUT2D eigenvalue weighted by molar-refractivity contribution is 6.46. The molecule has 1 aliphatic rings. The van der Waals surface area contributed by atoms with Gasteiger partial charge in [-0.2, -0.15) is 0 Å². The highest BCUT2D eigenvalue weighted by Crippen LogP contribution is 2.36. The molecule has 0 saturated heterocycles. The van der Waals surface area contributed by atoms with E-state index in [2.05, 4.69) is 5.32 Å². The van der Waals surface area contributed by atoms with Crippen LogP contribution < -0.4 is 19.7 Å². The first-order valence-corrected chi connectivity index (χ1v) is 11.3. The predicted molar refractivity (Wildman–Crippen MR) is 134 cm³/mol. The fourth-order valence-corrected chi connectivity index (χ4v) is 4.05. The molecule has 3 aromatic carbocycles. The van der Waals surface area contributed by atoms with E-state index < -0.39 is 5.91 Å². The third kappa shape index (κ3) is 4.53. The summed E-state index contributed by atoms with van der Waals surface area (Å²) >= 11 is 0. The van der Waals surface area contributed by atoms with Crippen molar-refractivity contribution in [1.82, 2.24) is 0 Å². The number of aryl methyl sites for hydroxylation is 2. The van der Waals surface area contributed by atoms with E-state index >= 15 is 0 Å². The number of para-hydroxylation sites is 2. The molecule has 0 spiro atoms. The van der Waals surface area contributed by atoms with Crippen LogP contribution in [0.5, 0.6) is 11.5 Å². The summed E-state index contributed by atoms with van der Waals surface area (Å²) in [4.78, 5) is 28.6. The minimum Gasteiger partial charge on any atom is -0.495 e. The van der Waals surface area contributed by atoms with E-state index in [0.29, 0.717) is 40.6 Å². The molecule has 0 aromatic heterocycles. The van der Waals surface area contributed by atoms with E-state index in [1.54, 1.807) is 25.3 Å². The molecule has 0 unspecified atom stereocenters. The highest BCUT2D eigenvalue weighted by Gasteiger charge is 2.40. The van der Waals surface area contributed by atoms with Crippen molar-refractivity contribution < 1.29 is 19.1 Å². The summed E-state index contributed by atoms with van der Waals surface area (Å²) in [5.41, 5.74) is 4.23. The van der Waals surface area contributed by atoms with Crippen molar-refractivity contribution in [3.63, 3.8) is 0 Å². The highest BCUT2D eigenvalue weighted by atomic mass is 16.5. The van der Waals surface area contributed by atoms with Gasteiger partial charge in [-0.25, -0.2) is 4.90 Å². The van der Waals surface area contributed by atoms with E-state index in [1.807, 2.05) is 69.3 Å². The van der Waals surface area contributed by atoms with E-state index in [4.69, 9.17) is 9.47 Å². The lowest BCUT2D eigenvalue weighted by Gasteiger charge is -2.17. The molecule has 174 valence electrons. The Morgan fingerprint density at radius 3 is 2.21 bits per heavy atom. The first-order chi connectivity index (χ1) is 16.4. The van der Waals surface area contributed by atoms with Crippen LogP contribution >= 0.6 is 0 Å². The molecule has 34 heavy (non-hydrogen) atoms. The standard InChI is InChI=1S/C28H28N2O4/c1-5-14-34-22-12-10-20(11-13-22)25-26(29-23-8-6-7-9-24(23)33-4)28(32)30(27(25)31)21-16-18(2)15-19(3)17-21/h6-13,15-17,29H,5,14H2,1-4H3. The van der Waals surface area contributed by atoms with Gasteiger partial charge in [0, 0.05) is 0 Å². The van der Waals surface area contributed by atoms with E-state index in [9.17, 15) is 9.59 Å². The van der Waals surface area contributed by atoms with Crippen LogP contribution in [0.3, 0.4) is 0 Å². The second-order valence-electron chi connectivity index (χ2n) is 8.24. The molecule has 1 aliphatic heterocycles. The minimum absolute atomic E-state index is 0.205.